The van der Waals surface area contributed by atoms with E-state index >= 15 is 0 Å². The van der Waals surface area contributed by atoms with Gasteiger partial charge in [-0.1, -0.05) is 6.07 Å². The van der Waals surface area contributed by atoms with Gasteiger partial charge >= 0.3 is 12.1 Å². The number of benzene rings is 1. The number of hydrogen-bond donors (Lipinski definition) is 2. The molecule has 1 heterocycles. The van der Waals surface area contributed by atoms with Gasteiger partial charge in [0.15, 0.2) is 0 Å². The second kappa shape index (κ2) is 9.59. The summed E-state index contributed by atoms with van der Waals surface area (Å²) in [7, 11) is 0. The molecule has 0 fully saturated rings. The third-order valence-corrected chi connectivity index (χ3v) is 4.14. The monoisotopic (exact) mass is 402 g/mol. The van der Waals surface area contributed by atoms with E-state index in [1.807, 2.05) is 39.0 Å². The fourth-order valence-corrected chi connectivity index (χ4v) is 2.84. The number of pyridine rings is 1. The van der Waals surface area contributed by atoms with Crippen LogP contribution in [0.25, 0.3) is 11.1 Å². The highest BCUT2D eigenvalue weighted by Crippen LogP contribution is 2.30. The van der Waals surface area contributed by atoms with Crippen molar-refractivity contribution in [2.75, 3.05) is 13.2 Å². The van der Waals surface area contributed by atoms with Crippen molar-refractivity contribution < 1.29 is 19.1 Å². The van der Waals surface area contributed by atoms with Crippen molar-refractivity contribution in [3.63, 3.8) is 0 Å². The number of carbonyl (C=O) groups is 2. The standard InChI is InChI=1S/C21H26N2O4S/c1-5-26-19(24)17-13-22-10-9-15(17)16-12-14(6-7-18(16)28)8-11-23-20(25)27-21(2,3)4/h6-7,9-10,12-13,28H,5,8,11H2,1-4H3,(H,23,25). The number of amides is 1. The van der Waals surface area contributed by atoms with Crippen molar-refractivity contribution in [1.29, 1.82) is 0 Å². The van der Waals surface area contributed by atoms with Crippen LogP contribution in [0.3, 0.4) is 0 Å². The number of thiol groups is 1. The average molecular weight is 403 g/mol. The third kappa shape index (κ3) is 6.27. The van der Waals surface area contributed by atoms with E-state index in [1.54, 1.807) is 19.2 Å². The van der Waals surface area contributed by atoms with Gasteiger partial charge in [-0.2, -0.15) is 0 Å². The number of aromatic nitrogens is 1. The van der Waals surface area contributed by atoms with E-state index in [1.165, 1.54) is 6.20 Å². The van der Waals surface area contributed by atoms with Crippen LogP contribution in [0.2, 0.25) is 0 Å². The zero-order valence-corrected chi connectivity index (χ0v) is 17.5. The molecule has 0 unspecified atom stereocenters. The molecule has 0 atom stereocenters. The topological polar surface area (TPSA) is 77.5 Å². The highest BCUT2D eigenvalue weighted by Gasteiger charge is 2.17. The summed E-state index contributed by atoms with van der Waals surface area (Å²) in [5.74, 6) is -0.421. The Bertz CT molecular complexity index is 847. The van der Waals surface area contributed by atoms with Gasteiger partial charge in [0.2, 0.25) is 0 Å². The largest absolute Gasteiger partial charge is 0.462 e. The molecule has 0 radical (unpaired) electrons. The number of esters is 1. The van der Waals surface area contributed by atoms with Crippen LogP contribution in [0.1, 0.15) is 43.6 Å². The van der Waals surface area contributed by atoms with Crippen LogP contribution < -0.4 is 5.32 Å². The van der Waals surface area contributed by atoms with Crippen molar-refractivity contribution >= 4 is 24.7 Å². The first kappa shape index (κ1) is 21.8. The van der Waals surface area contributed by atoms with Gasteiger partial charge in [-0.05, 0) is 63.4 Å². The fourth-order valence-electron chi connectivity index (χ4n) is 2.58. The molecule has 0 saturated carbocycles. The van der Waals surface area contributed by atoms with Gasteiger partial charge in [-0.3, -0.25) is 4.98 Å². The fraction of sp³-hybridized carbons (Fsp3) is 0.381. The first-order chi connectivity index (χ1) is 13.2. The molecule has 150 valence electrons. The Hall–Kier alpha value is -2.54. The molecule has 1 N–H and O–H groups in total. The summed E-state index contributed by atoms with van der Waals surface area (Å²) in [6.07, 6.45) is 3.29. The molecule has 28 heavy (non-hydrogen) atoms. The molecule has 1 amide bonds. The minimum Gasteiger partial charge on any atom is -0.462 e. The molecule has 2 rings (SSSR count). The van der Waals surface area contributed by atoms with Gasteiger partial charge in [-0.15, -0.1) is 12.6 Å². The maximum atomic E-state index is 12.2. The highest BCUT2D eigenvalue weighted by molar-refractivity contribution is 7.80. The number of ether oxygens (including phenoxy) is 2. The van der Waals surface area contributed by atoms with Gasteiger partial charge < -0.3 is 14.8 Å². The Morgan fingerprint density at radius 1 is 1.18 bits per heavy atom. The molecule has 0 bridgehead atoms. The number of hydrogen-bond acceptors (Lipinski definition) is 6. The molecule has 1 aromatic carbocycles. The lowest BCUT2D eigenvalue weighted by Gasteiger charge is -2.19. The van der Waals surface area contributed by atoms with Crippen molar-refractivity contribution in [2.24, 2.45) is 0 Å². The van der Waals surface area contributed by atoms with Crippen LogP contribution >= 0.6 is 12.6 Å². The van der Waals surface area contributed by atoms with E-state index in [2.05, 4.69) is 22.9 Å². The average Bonchev–Trinajstić information content (AvgIpc) is 2.62. The van der Waals surface area contributed by atoms with Gasteiger partial charge in [0.25, 0.3) is 0 Å². The van der Waals surface area contributed by atoms with Gasteiger partial charge in [0, 0.05) is 29.4 Å². The maximum absolute atomic E-state index is 12.2. The quantitative estimate of drug-likeness (QED) is 0.557. The van der Waals surface area contributed by atoms with Crippen LogP contribution in [0, 0.1) is 0 Å². The van der Waals surface area contributed by atoms with E-state index in [9.17, 15) is 9.59 Å². The van der Waals surface area contributed by atoms with Gasteiger partial charge in [0.1, 0.15) is 5.60 Å². The van der Waals surface area contributed by atoms with E-state index in [4.69, 9.17) is 9.47 Å². The Labute approximate surface area is 171 Å². The predicted octanol–water partition coefficient (Wildman–Crippen LogP) is 4.28. The minimum atomic E-state index is -0.532. The number of nitrogens with one attached hydrogen (secondary N) is 1. The van der Waals surface area contributed by atoms with Crippen LogP contribution in [0.15, 0.2) is 41.6 Å². The summed E-state index contributed by atoms with van der Waals surface area (Å²) in [5.41, 5.74) is 2.37. The van der Waals surface area contributed by atoms with Crippen LogP contribution in [-0.2, 0) is 15.9 Å². The first-order valence-electron chi connectivity index (χ1n) is 9.11. The molecule has 7 heteroatoms. The van der Waals surface area contributed by atoms with Gasteiger partial charge in [-0.25, -0.2) is 9.59 Å². The normalized spacial score (nSPS) is 11.0. The molecule has 0 aliphatic rings. The zero-order chi connectivity index (χ0) is 20.7. The molecule has 1 aromatic heterocycles. The number of carbonyl (C=O) groups excluding carboxylic acids is 2. The summed E-state index contributed by atoms with van der Waals surface area (Å²) < 4.78 is 10.4. The molecule has 0 aliphatic heterocycles. The van der Waals surface area contributed by atoms with Crippen LogP contribution in [0.5, 0.6) is 0 Å². The summed E-state index contributed by atoms with van der Waals surface area (Å²) in [5, 5.41) is 2.74. The van der Waals surface area contributed by atoms with Crippen LogP contribution in [-0.4, -0.2) is 35.8 Å². The predicted molar refractivity (Wildman–Crippen MR) is 111 cm³/mol. The summed E-state index contributed by atoms with van der Waals surface area (Å²) >= 11 is 4.53. The molecule has 0 saturated heterocycles. The Kier molecular flexibility index (Phi) is 7.45. The van der Waals surface area contributed by atoms with E-state index in [-0.39, 0.29) is 6.61 Å². The Morgan fingerprint density at radius 2 is 1.93 bits per heavy atom. The lowest BCUT2D eigenvalue weighted by atomic mass is 9.98. The minimum absolute atomic E-state index is 0.289. The number of rotatable bonds is 6. The second-order valence-corrected chi connectivity index (χ2v) is 7.65. The molecule has 2 aromatic rings. The molecular weight excluding hydrogens is 376 g/mol. The molecule has 0 spiro atoms. The maximum Gasteiger partial charge on any atom is 0.407 e. The highest BCUT2D eigenvalue weighted by atomic mass is 32.1. The molecule has 0 aliphatic carbocycles. The number of nitrogens with zero attached hydrogens (tertiary/aromatic N) is 1. The number of alkyl carbamates (subject to hydrolysis) is 1. The lowest BCUT2D eigenvalue weighted by molar-refractivity contribution is 0.0517. The lowest BCUT2D eigenvalue weighted by Crippen LogP contribution is -2.33. The zero-order valence-electron chi connectivity index (χ0n) is 16.6. The Balaban J connectivity index is 2.16. The van der Waals surface area contributed by atoms with Crippen molar-refractivity contribution in [1.82, 2.24) is 10.3 Å². The van der Waals surface area contributed by atoms with Crippen molar-refractivity contribution in [3.05, 3.63) is 47.8 Å². The van der Waals surface area contributed by atoms with E-state index in [0.717, 1.165) is 16.0 Å². The van der Waals surface area contributed by atoms with Gasteiger partial charge in [0.05, 0.1) is 12.2 Å². The summed E-state index contributed by atoms with van der Waals surface area (Å²) in [6, 6.07) is 7.53. The Morgan fingerprint density at radius 3 is 2.61 bits per heavy atom. The first-order valence-corrected chi connectivity index (χ1v) is 9.56. The second-order valence-electron chi connectivity index (χ2n) is 7.17. The summed E-state index contributed by atoms with van der Waals surface area (Å²) in [6.45, 7) is 7.94. The smallest absolute Gasteiger partial charge is 0.407 e. The summed E-state index contributed by atoms with van der Waals surface area (Å²) in [4.78, 5) is 28.8. The van der Waals surface area contributed by atoms with E-state index in [0.29, 0.717) is 24.1 Å². The van der Waals surface area contributed by atoms with Crippen molar-refractivity contribution in [3.8, 4) is 11.1 Å². The molecule has 6 nitrogen and oxygen atoms in total. The van der Waals surface area contributed by atoms with Crippen molar-refractivity contribution in [2.45, 2.75) is 44.6 Å². The molecular formula is C21H26N2O4S. The third-order valence-electron chi connectivity index (χ3n) is 3.75. The SMILES string of the molecule is CCOC(=O)c1cnccc1-c1cc(CCNC(=O)OC(C)(C)C)ccc1S. The van der Waals surface area contributed by atoms with E-state index < -0.39 is 17.7 Å². The van der Waals surface area contributed by atoms with Crippen LogP contribution in [0.4, 0.5) is 4.79 Å².